The molecule has 0 aliphatic heterocycles. The van der Waals surface area contributed by atoms with E-state index in [0.717, 1.165) is 44.5 Å². The van der Waals surface area contributed by atoms with Crippen LogP contribution < -0.4 is 0 Å². The predicted molar refractivity (Wildman–Crippen MR) is 227 cm³/mol. The zero-order chi connectivity index (χ0) is 35.6. The second-order valence-electron chi connectivity index (χ2n) is 14.0. The summed E-state index contributed by atoms with van der Waals surface area (Å²) in [5.74, 6) is 0.886. The van der Waals surface area contributed by atoms with Gasteiger partial charge in [0.15, 0.2) is 0 Å². The maximum atomic E-state index is 7.10. The van der Waals surface area contributed by atoms with E-state index in [9.17, 15) is 0 Å². The lowest BCUT2D eigenvalue weighted by atomic mass is 9.91. The summed E-state index contributed by atoms with van der Waals surface area (Å²) in [6.45, 7) is 0. The van der Waals surface area contributed by atoms with Crippen LogP contribution >= 0.6 is 0 Å². The molecule has 2 nitrogen and oxygen atoms in total. The standard InChI is InChI=1S/C52H33NO/c1-3-14-34(15-4-1)35-26-28-37(29-27-35)51-49(36-16-5-2-6-17-36)50-44-23-8-7-20-41(44)46-33-39(30-31-45(46)52(50)54-51)38-18-13-19-40(32-38)53-47-24-11-9-21-42(47)43-22-10-12-25-48(43)53/h1-33H. The minimum absolute atomic E-state index is 0.886. The van der Waals surface area contributed by atoms with Crippen molar-refractivity contribution in [2.75, 3.05) is 0 Å². The molecule has 0 bridgehead atoms. The van der Waals surface area contributed by atoms with Crippen LogP contribution in [0.1, 0.15) is 0 Å². The van der Waals surface area contributed by atoms with Crippen LogP contribution in [0.5, 0.6) is 0 Å². The lowest BCUT2D eigenvalue weighted by Gasteiger charge is -2.12. The number of para-hydroxylation sites is 2. The van der Waals surface area contributed by atoms with Crippen molar-refractivity contribution in [3.05, 3.63) is 200 Å². The zero-order valence-electron chi connectivity index (χ0n) is 29.4. The Morgan fingerprint density at radius 1 is 0.315 bits per heavy atom. The molecular weight excluding hydrogens is 655 g/mol. The number of hydrogen-bond acceptors (Lipinski definition) is 1. The molecule has 9 aromatic carbocycles. The van der Waals surface area contributed by atoms with Crippen molar-refractivity contribution in [2.45, 2.75) is 0 Å². The van der Waals surface area contributed by atoms with Gasteiger partial charge in [-0.25, -0.2) is 0 Å². The van der Waals surface area contributed by atoms with Crippen LogP contribution in [0.2, 0.25) is 0 Å². The van der Waals surface area contributed by atoms with Gasteiger partial charge in [0.25, 0.3) is 0 Å². The number of nitrogens with zero attached hydrogens (tertiary/aromatic N) is 1. The smallest absolute Gasteiger partial charge is 0.143 e. The zero-order valence-corrected chi connectivity index (χ0v) is 29.4. The summed E-state index contributed by atoms with van der Waals surface area (Å²) in [5.41, 5.74) is 12.5. The topological polar surface area (TPSA) is 18.1 Å². The first-order chi connectivity index (χ1) is 26.8. The van der Waals surface area contributed by atoms with Crippen LogP contribution in [-0.4, -0.2) is 4.57 Å². The molecule has 2 aromatic heterocycles. The Bertz CT molecular complexity index is 3130. The third kappa shape index (κ3) is 4.74. The van der Waals surface area contributed by atoms with Gasteiger partial charge in [-0.1, -0.05) is 164 Å². The fraction of sp³-hybridized carbons (Fsp3) is 0. The number of fused-ring (bicyclic) bond motifs is 9. The van der Waals surface area contributed by atoms with Crippen molar-refractivity contribution in [3.63, 3.8) is 0 Å². The lowest BCUT2D eigenvalue weighted by Crippen LogP contribution is -1.94. The molecule has 11 aromatic rings. The summed E-state index contributed by atoms with van der Waals surface area (Å²) >= 11 is 0. The quantitative estimate of drug-likeness (QED) is 0.165. The van der Waals surface area contributed by atoms with E-state index >= 15 is 0 Å². The maximum absolute atomic E-state index is 7.10. The normalized spacial score (nSPS) is 11.7. The van der Waals surface area contributed by atoms with Gasteiger partial charge in [-0.05, 0) is 80.4 Å². The van der Waals surface area contributed by atoms with Gasteiger partial charge in [-0.15, -0.1) is 0 Å². The first kappa shape index (κ1) is 30.5. The molecule has 0 fully saturated rings. The van der Waals surface area contributed by atoms with E-state index in [-0.39, 0.29) is 0 Å². The summed E-state index contributed by atoms with van der Waals surface area (Å²) in [6, 6.07) is 71.9. The SMILES string of the molecule is c1ccc(-c2ccc(-c3oc4c5ccc(-c6cccc(-n7c8ccccc8c8ccccc87)c6)cc5c5ccccc5c4c3-c3ccccc3)cc2)cc1. The minimum atomic E-state index is 0.886. The highest BCUT2D eigenvalue weighted by Crippen LogP contribution is 2.48. The van der Waals surface area contributed by atoms with Gasteiger partial charge in [-0.3, -0.25) is 0 Å². The molecule has 0 unspecified atom stereocenters. The first-order valence-corrected chi connectivity index (χ1v) is 18.5. The van der Waals surface area contributed by atoms with Crippen molar-refractivity contribution in [2.24, 2.45) is 0 Å². The summed E-state index contributed by atoms with van der Waals surface area (Å²) < 4.78 is 9.48. The van der Waals surface area contributed by atoms with Crippen molar-refractivity contribution in [1.82, 2.24) is 4.57 Å². The van der Waals surface area contributed by atoms with Crippen molar-refractivity contribution in [3.8, 4) is 50.4 Å². The fourth-order valence-electron chi connectivity index (χ4n) is 8.51. The molecule has 0 N–H and O–H groups in total. The number of rotatable bonds is 5. The third-order valence-electron chi connectivity index (χ3n) is 11.0. The van der Waals surface area contributed by atoms with E-state index in [4.69, 9.17) is 4.42 Å². The van der Waals surface area contributed by atoms with E-state index in [1.54, 1.807) is 0 Å². The Morgan fingerprint density at radius 2 is 0.833 bits per heavy atom. The number of furan rings is 1. The number of aromatic nitrogens is 1. The Balaban J connectivity index is 1.12. The molecule has 0 saturated heterocycles. The monoisotopic (exact) mass is 687 g/mol. The van der Waals surface area contributed by atoms with Gasteiger partial charge in [-0.2, -0.15) is 0 Å². The molecule has 11 rings (SSSR count). The van der Waals surface area contributed by atoms with Gasteiger partial charge >= 0.3 is 0 Å². The van der Waals surface area contributed by atoms with Crippen LogP contribution in [0.4, 0.5) is 0 Å². The highest BCUT2D eigenvalue weighted by Gasteiger charge is 2.23. The molecular formula is C52H33NO. The second kappa shape index (κ2) is 12.2. The molecule has 0 atom stereocenters. The Kier molecular flexibility index (Phi) is 6.90. The summed E-state index contributed by atoms with van der Waals surface area (Å²) in [5, 5.41) is 8.36. The van der Waals surface area contributed by atoms with E-state index in [1.807, 2.05) is 0 Å². The highest BCUT2D eigenvalue weighted by molar-refractivity contribution is 6.29. The van der Waals surface area contributed by atoms with E-state index < -0.39 is 0 Å². The minimum Gasteiger partial charge on any atom is -0.455 e. The van der Waals surface area contributed by atoms with Gasteiger partial charge in [0.1, 0.15) is 11.3 Å². The molecule has 2 heterocycles. The average molecular weight is 688 g/mol. The van der Waals surface area contributed by atoms with Crippen LogP contribution in [0.3, 0.4) is 0 Å². The highest BCUT2D eigenvalue weighted by atomic mass is 16.3. The Hall–Kier alpha value is -7.16. The molecule has 0 aliphatic rings. The fourth-order valence-corrected chi connectivity index (χ4v) is 8.51. The van der Waals surface area contributed by atoms with Crippen LogP contribution in [-0.2, 0) is 0 Å². The number of benzene rings is 9. The van der Waals surface area contributed by atoms with Gasteiger partial charge < -0.3 is 8.98 Å². The summed E-state index contributed by atoms with van der Waals surface area (Å²) in [6.07, 6.45) is 0. The van der Waals surface area contributed by atoms with Gasteiger partial charge in [0.2, 0.25) is 0 Å². The number of hydrogen-bond donors (Lipinski definition) is 0. The molecule has 252 valence electrons. The van der Waals surface area contributed by atoms with E-state index in [1.165, 1.54) is 60.2 Å². The van der Waals surface area contributed by atoms with Gasteiger partial charge in [0.05, 0.1) is 11.0 Å². The van der Waals surface area contributed by atoms with Crippen molar-refractivity contribution >= 4 is 54.3 Å². The molecule has 0 spiro atoms. The Labute approximate surface area is 312 Å². The van der Waals surface area contributed by atoms with E-state index in [0.29, 0.717) is 0 Å². The molecule has 54 heavy (non-hydrogen) atoms. The van der Waals surface area contributed by atoms with Crippen LogP contribution in [0.15, 0.2) is 205 Å². The molecule has 0 saturated carbocycles. The maximum Gasteiger partial charge on any atom is 0.143 e. The summed E-state index contributed by atoms with van der Waals surface area (Å²) in [7, 11) is 0. The molecule has 0 amide bonds. The average Bonchev–Trinajstić information content (AvgIpc) is 3.82. The third-order valence-corrected chi connectivity index (χ3v) is 11.0. The van der Waals surface area contributed by atoms with Crippen LogP contribution in [0, 0.1) is 0 Å². The predicted octanol–water partition coefficient (Wildman–Crippen LogP) is 14.5. The molecule has 2 heteroatoms. The lowest BCUT2D eigenvalue weighted by molar-refractivity contribution is 0.636. The largest absolute Gasteiger partial charge is 0.455 e. The van der Waals surface area contributed by atoms with Crippen molar-refractivity contribution < 1.29 is 4.42 Å². The Morgan fingerprint density at radius 3 is 1.54 bits per heavy atom. The van der Waals surface area contributed by atoms with Gasteiger partial charge in [0, 0.05) is 38.4 Å². The molecule has 0 aliphatic carbocycles. The first-order valence-electron chi connectivity index (χ1n) is 18.5. The second-order valence-corrected chi connectivity index (χ2v) is 14.0. The van der Waals surface area contributed by atoms with Crippen molar-refractivity contribution in [1.29, 1.82) is 0 Å². The summed E-state index contributed by atoms with van der Waals surface area (Å²) in [4.78, 5) is 0. The van der Waals surface area contributed by atoms with Crippen LogP contribution in [0.25, 0.3) is 105 Å². The van der Waals surface area contributed by atoms with E-state index in [2.05, 4.69) is 205 Å². The molecule has 0 radical (unpaired) electrons.